The first-order chi connectivity index (χ1) is 26.1. The molecular weight excluding hydrogens is 649 g/mol. The molecule has 53 heavy (non-hydrogen) atoms. The minimum Gasteiger partial charge on any atom is -0.309 e. The molecule has 0 N–H and O–H groups in total. The Hall–Kier alpha value is -7.36. The van der Waals surface area contributed by atoms with Gasteiger partial charge < -0.3 is 4.57 Å². The van der Waals surface area contributed by atoms with E-state index in [-0.39, 0.29) is 0 Å². The van der Waals surface area contributed by atoms with E-state index in [1.54, 1.807) is 0 Å². The van der Waals surface area contributed by atoms with Crippen molar-refractivity contribution in [1.29, 1.82) is 5.26 Å². The number of aromatic nitrogens is 5. The van der Waals surface area contributed by atoms with Gasteiger partial charge in [0.1, 0.15) is 0 Å². The Balaban J connectivity index is 1.30. The molecule has 0 unspecified atom stereocenters. The molecule has 250 valence electrons. The van der Waals surface area contributed by atoms with Crippen molar-refractivity contribution in [2.75, 3.05) is 0 Å². The molecule has 0 radical (unpaired) electrons. The number of nitriles is 1. The normalized spacial score (nSPS) is 11.7. The minimum atomic E-state index is 0.463. The summed E-state index contributed by atoms with van der Waals surface area (Å²) in [6, 6.07) is 54.4. The maximum Gasteiger partial charge on any atom is 0.238 e. The van der Waals surface area contributed by atoms with Crippen LogP contribution in [0.25, 0.3) is 90.4 Å². The molecule has 0 amide bonds. The molecule has 0 saturated carbocycles. The predicted molar refractivity (Wildman–Crippen MR) is 217 cm³/mol. The summed E-state index contributed by atoms with van der Waals surface area (Å²) in [5.74, 6) is 1.59. The monoisotopic (exact) mass is 680 g/mol. The fourth-order valence-electron chi connectivity index (χ4n) is 7.23. The maximum absolute atomic E-state index is 9.82. The first kappa shape index (κ1) is 31.6. The van der Waals surface area contributed by atoms with E-state index in [2.05, 4.69) is 102 Å². The molecule has 6 heteroatoms. The van der Waals surface area contributed by atoms with Gasteiger partial charge in [-0.05, 0) is 66.6 Å². The Bertz CT molecular complexity index is 2850. The van der Waals surface area contributed by atoms with E-state index >= 15 is 0 Å². The molecule has 0 atom stereocenters. The summed E-state index contributed by atoms with van der Waals surface area (Å²) in [5, 5.41) is 13.2. The van der Waals surface area contributed by atoms with Crippen LogP contribution in [-0.4, -0.2) is 24.1 Å². The zero-order valence-corrected chi connectivity index (χ0v) is 29.0. The molecule has 6 nitrogen and oxygen atoms in total. The zero-order chi connectivity index (χ0) is 35.9. The van der Waals surface area contributed by atoms with Crippen molar-refractivity contribution in [2.24, 2.45) is 0 Å². The van der Waals surface area contributed by atoms with E-state index in [0.29, 0.717) is 23.2 Å². The first-order valence-corrected chi connectivity index (χ1v) is 17.5. The average Bonchev–Trinajstić information content (AvgIpc) is 3.73. The molecule has 0 aliphatic carbocycles. The van der Waals surface area contributed by atoms with Crippen LogP contribution in [0.2, 0.25) is 0 Å². The lowest BCUT2D eigenvalue weighted by Crippen LogP contribution is -2.08. The quantitative estimate of drug-likeness (QED) is 0.157. The lowest BCUT2D eigenvalue weighted by molar-refractivity contribution is 0.926. The molecule has 6 aromatic carbocycles. The molecule has 0 saturated heterocycles. The van der Waals surface area contributed by atoms with Crippen molar-refractivity contribution in [3.05, 3.63) is 175 Å². The zero-order valence-electron chi connectivity index (χ0n) is 29.0. The van der Waals surface area contributed by atoms with Gasteiger partial charge in [-0.1, -0.05) is 122 Å². The molecule has 9 rings (SSSR count). The number of allylic oxidation sites excluding steroid dienone is 1. The number of fused-ring (bicyclic) bond motifs is 4. The van der Waals surface area contributed by atoms with Crippen LogP contribution >= 0.6 is 0 Å². The minimum absolute atomic E-state index is 0.463. The van der Waals surface area contributed by atoms with E-state index in [1.807, 2.05) is 90.4 Å². The second-order valence-corrected chi connectivity index (χ2v) is 12.9. The molecule has 9 aromatic rings. The van der Waals surface area contributed by atoms with Crippen molar-refractivity contribution < 1.29 is 0 Å². The third kappa shape index (κ3) is 5.49. The highest BCUT2D eigenvalue weighted by Crippen LogP contribution is 2.38. The molecule has 3 aromatic heterocycles. The molecular formula is C47H32N6. The Labute approximate surface area is 306 Å². The van der Waals surface area contributed by atoms with E-state index in [1.165, 1.54) is 10.8 Å². The summed E-state index contributed by atoms with van der Waals surface area (Å²) in [6.45, 7) is 6.05. The van der Waals surface area contributed by atoms with E-state index < -0.39 is 0 Å². The fraction of sp³-hybridized carbons (Fsp3) is 0.0213. The van der Waals surface area contributed by atoms with Gasteiger partial charge in [0.05, 0.1) is 28.3 Å². The third-order valence-electron chi connectivity index (χ3n) is 9.68. The van der Waals surface area contributed by atoms with Crippen LogP contribution in [0.5, 0.6) is 0 Å². The lowest BCUT2D eigenvalue weighted by atomic mass is 10.00. The first-order valence-electron chi connectivity index (χ1n) is 17.5. The van der Waals surface area contributed by atoms with Crippen molar-refractivity contribution in [3.63, 3.8) is 0 Å². The molecule has 0 aliphatic rings. The van der Waals surface area contributed by atoms with Gasteiger partial charge in [-0.15, -0.1) is 0 Å². The molecule has 3 heterocycles. The van der Waals surface area contributed by atoms with Crippen LogP contribution in [-0.2, 0) is 0 Å². The van der Waals surface area contributed by atoms with Gasteiger partial charge in [0, 0.05) is 44.1 Å². The van der Waals surface area contributed by atoms with Crippen LogP contribution in [0.4, 0.5) is 0 Å². The number of nitrogens with zero attached hydrogens (tertiary/aromatic N) is 6. The summed E-state index contributed by atoms with van der Waals surface area (Å²) >= 11 is 0. The van der Waals surface area contributed by atoms with Crippen molar-refractivity contribution in [3.8, 4) is 51.6 Å². The molecule has 0 fully saturated rings. The van der Waals surface area contributed by atoms with Gasteiger partial charge in [0.25, 0.3) is 0 Å². The van der Waals surface area contributed by atoms with E-state index in [9.17, 15) is 5.26 Å². The highest BCUT2D eigenvalue weighted by Gasteiger charge is 2.21. The van der Waals surface area contributed by atoms with Crippen LogP contribution in [0, 0.1) is 11.3 Å². The van der Waals surface area contributed by atoms with E-state index in [0.717, 1.165) is 61.1 Å². The summed E-state index contributed by atoms with van der Waals surface area (Å²) < 4.78 is 4.37. The third-order valence-corrected chi connectivity index (χ3v) is 9.68. The van der Waals surface area contributed by atoms with Crippen molar-refractivity contribution >= 4 is 44.9 Å². The number of hydrogen-bond acceptors (Lipinski definition) is 4. The predicted octanol–water partition coefficient (Wildman–Crippen LogP) is 11.5. The number of benzene rings is 6. The Kier molecular flexibility index (Phi) is 7.80. The van der Waals surface area contributed by atoms with Crippen LogP contribution < -0.4 is 0 Å². The Morgan fingerprint density at radius 2 is 1.15 bits per heavy atom. The standard InChI is InChI=1S/C47H32N6/c1-3-41-39(27-31(2)30-48)38-25-23-35(34-24-26-43-40(28-34)37-21-13-14-22-42(37)52(43)36-19-11-6-12-20-36)29-44(38)53(41)47-50-45(32-15-7-4-8-16-32)49-46(51-47)33-17-9-5-10-18-33/h3-29H,1H2,2H3/b31-27+. The molecule has 0 aliphatic heterocycles. The summed E-state index contributed by atoms with van der Waals surface area (Å²) in [4.78, 5) is 15.1. The Morgan fingerprint density at radius 1 is 0.566 bits per heavy atom. The van der Waals surface area contributed by atoms with Crippen LogP contribution in [0.3, 0.4) is 0 Å². The van der Waals surface area contributed by atoms with Gasteiger partial charge in [0.15, 0.2) is 11.6 Å². The largest absolute Gasteiger partial charge is 0.309 e. The van der Waals surface area contributed by atoms with Gasteiger partial charge >= 0.3 is 0 Å². The summed E-state index contributed by atoms with van der Waals surface area (Å²) in [6.07, 6.45) is 3.73. The molecule has 0 bridgehead atoms. The second-order valence-electron chi connectivity index (χ2n) is 12.9. The topological polar surface area (TPSA) is 72.3 Å². The molecule has 0 spiro atoms. The number of hydrogen-bond donors (Lipinski definition) is 0. The van der Waals surface area contributed by atoms with Gasteiger partial charge in [-0.2, -0.15) is 15.2 Å². The maximum atomic E-state index is 9.82. The smallest absolute Gasteiger partial charge is 0.238 e. The van der Waals surface area contributed by atoms with E-state index in [4.69, 9.17) is 15.0 Å². The highest BCUT2D eigenvalue weighted by atomic mass is 15.2. The van der Waals surface area contributed by atoms with Gasteiger partial charge in [-0.25, -0.2) is 4.98 Å². The van der Waals surface area contributed by atoms with Crippen molar-refractivity contribution in [1.82, 2.24) is 24.1 Å². The van der Waals surface area contributed by atoms with Crippen LogP contribution in [0.15, 0.2) is 164 Å². The summed E-state index contributed by atoms with van der Waals surface area (Å²) in [7, 11) is 0. The van der Waals surface area contributed by atoms with Crippen molar-refractivity contribution in [2.45, 2.75) is 6.92 Å². The highest BCUT2D eigenvalue weighted by molar-refractivity contribution is 6.10. The van der Waals surface area contributed by atoms with Crippen LogP contribution in [0.1, 0.15) is 18.2 Å². The number of para-hydroxylation sites is 2. The summed E-state index contributed by atoms with van der Waals surface area (Å²) in [5.41, 5.74) is 10.5. The fourth-order valence-corrected chi connectivity index (χ4v) is 7.23. The second kappa shape index (κ2) is 13.1. The number of rotatable bonds is 7. The Morgan fingerprint density at radius 3 is 1.81 bits per heavy atom. The average molecular weight is 681 g/mol. The van der Waals surface area contributed by atoms with Gasteiger partial charge in [-0.3, -0.25) is 4.57 Å². The SMILES string of the molecule is C=Cc1c(/C=C(\C)C#N)c2ccc(-c3ccc4c(c3)c3ccccc3n4-c3ccccc3)cc2n1-c1nc(-c2ccccc2)nc(-c2ccccc2)n1. The van der Waals surface area contributed by atoms with Gasteiger partial charge in [0.2, 0.25) is 5.95 Å². The lowest BCUT2D eigenvalue weighted by Gasteiger charge is -2.12.